The monoisotopic (exact) mass is 282 g/mol. The topological polar surface area (TPSA) is 64.3 Å². The Morgan fingerprint density at radius 3 is 2.47 bits per heavy atom. The summed E-state index contributed by atoms with van der Waals surface area (Å²) in [5, 5.41) is 8.47. The maximum absolute atomic E-state index is 5.86. The quantitative estimate of drug-likeness (QED) is 0.799. The second-order valence-electron chi connectivity index (χ2n) is 4.75. The first-order valence-corrected chi connectivity index (χ1v) is 6.70. The molecule has 106 valence electrons. The van der Waals surface area contributed by atoms with Gasteiger partial charge in [0.15, 0.2) is 5.82 Å². The van der Waals surface area contributed by atoms with Crippen molar-refractivity contribution in [2.24, 2.45) is 5.73 Å². The van der Waals surface area contributed by atoms with E-state index in [1.807, 2.05) is 13.8 Å². The van der Waals surface area contributed by atoms with E-state index in [0.717, 1.165) is 29.2 Å². The van der Waals surface area contributed by atoms with Gasteiger partial charge in [0.1, 0.15) is 4.99 Å². The predicted molar refractivity (Wildman–Crippen MR) is 81.8 cm³/mol. The van der Waals surface area contributed by atoms with Crippen LogP contribution in [0.15, 0.2) is 0 Å². The van der Waals surface area contributed by atoms with E-state index in [2.05, 4.69) is 28.9 Å². The SMILES string of the molecule is COCCN(c1nnc(C)c(C)c1C(N)=S)C(C)C. The van der Waals surface area contributed by atoms with Gasteiger partial charge in [-0.05, 0) is 33.3 Å². The van der Waals surface area contributed by atoms with Crippen molar-refractivity contribution in [3.63, 3.8) is 0 Å². The number of hydrogen-bond acceptors (Lipinski definition) is 5. The number of ether oxygens (including phenoxy) is 1. The molecule has 0 spiro atoms. The predicted octanol–water partition coefficient (Wildman–Crippen LogP) is 1.59. The highest BCUT2D eigenvalue weighted by atomic mass is 32.1. The average molecular weight is 282 g/mol. The van der Waals surface area contributed by atoms with E-state index in [4.69, 9.17) is 22.7 Å². The standard InChI is InChI=1S/C13H22N4OS/c1-8(2)17(6-7-18-5)13-11(12(14)19)9(3)10(4)15-16-13/h8H,6-7H2,1-5H3,(H2,14,19). The number of methoxy groups -OCH3 is 1. The molecule has 0 saturated carbocycles. The van der Waals surface area contributed by atoms with Crippen LogP contribution in [0.2, 0.25) is 0 Å². The first-order chi connectivity index (χ1) is 8.90. The Morgan fingerprint density at radius 1 is 1.37 bits per heavy atom. The van der Waals surface area contributed by atoms with Gasteiger partial charge in [-0.2, -0.15) is 5.10 Å². The van der Waals surface area contributed by atoms with Gasteiger partial charge in [-0.25, -0.2) is 0 Å². The van der Waals surface area contributed by atoms with Gasteiger partial charge < -0.3 is 15.4 Å². The van der Waals surface area contributed by atoms with E-state index in [1.165, 1.54) is 0 Å². The third kappa shape index (κ3) is 3.61. The van der Waals surface area contributed by atoms with Crippen molar-refractivity contribution in [1.29, 1.82) is 0 Å². The van der Waals surface area contributed by atoms with Crippen LogP contribution in [0, 0.1) is 13.8 Å². The van der Waals surface area contributed by atoms with Crippen molar-refractivity contribution in [1.82, 2.24) is 10.2 Å². The zero-order valence-electron chi connectivity index (χ0n) is 12.2. The molecule has 1 aromatic rings. The summed E-state index contributed by atoms with van der Waals surface area (Å²) in [5.41, 5.74) is 8.50. The lowest BCUT2D eigenvalue weighted by Gasteiger charge is -2.29. The molecule has 1 aromatic heterocycles. The third-order valence-corrected chi connectivity index (χ3v) is 3.32. The second kappa shape index (κ2) is 6.77. The molecular weight excluding hydrogens is 260 g/mol. The molecule has 0 amide bonds. The van der Waals surface area contributed by atoms with Crippen LogP contribution >= 0.6 is 12.2 Å². The molecule has 0 fully saturated rings. The summed E-state index contributed by atoms with van der Waals surface area (Å²) in [6.45, 7) is 9.40. The fourth-order valence-corrected chi connectivity index (χ4v) is 2.13. The number of nitrogens with two attached hydrogens (primary N) is 1. The maximum Gasteiger partial charge on any atom is 0.162 e. The van der Waals surface area contributed by atoms with E-state index in [1.54, 1.807) is 7.11 Å². The molecule has 6 heteroatoms. The van der Waals surface area contributed by atoms with Gasteiger partial charge in [0, 0.05) is 19.7 Å². The summed E-state index contributed by atoms with van der Waals surface area (Å²) in [7, 11) is 1.68. The van der Waals surface area contributed by atoms with Crippen molar-refractivity contribution < 1.29 is 4.74 Å². The van der Waals surface area contributed by atoms with Crippen LogP contribution < -0.4 is 10.6 Å². The number of anilines is 1. The fraction of sp³-hybridized carbons (Fsp3) is 0.615. The Bertz CT molecular complexity index is 462. The molecule has 0 radical (unpaired) electrons. The van der Waals surface area contributed by atoms with Crippen molar-refractivity contribution in [3.05, 3.63) is 16.8 Å². The average Bonchev–Trinajstić information content (AvgIpc) is 2.33. The van der Waals surface area contributed by atoms with Crippen LogP contribution in [0.5, 0.6) is 0 Å². The number of aromatic nitrogens is 2. The summed E-state index contributed by atoms with van der Waals surface area (Å²) in [5.74, 6) is 0.739. The zero-order valence-corrected chi connectivity index (χ0v) is 13.0. The summed E-state index contributed by atoms with van der Waals surface area (Å²) < 4.78 is 5.14. The summed E-state index contributed by atoms with van der Waals surface area (Å²) in [6.07, 6.45) is 0. The molecule has 2 N–H and O–H groups in total. The number of aryl methyl sites for hydroxylation is 1. The minimum absolute atomic E-state index is 0.264. The molecule has 19 heavy (non-hydrogen) atoms. The Labute approximate surface area is 120 Å². The van der Waals surface area contributed by atoms with E-state index in [9.17, 15) is 0 Å². The lowest BCUT2D eigenvalue weighted by Crippen LogP contribution is -2.37. The maximum atomic E-state index is 5.86. The van der Waals surface area contributed by atoms with Gasteiger partial charge in [-0.15, -0.1) is 5.10 Å². The number of thiocarbonyl (C=S) groups is 1. The van der Waals surface area contributed by atoms with E-state index >= 15 is 0 Å². The van der Waals surface area contributed by atoms with Gasteiger partial charge in [0.25, 0.3) is 0 Å². The Balaban J connectivity index is 3.30. The second-order valence-corrected chi connectivity index (χ2v) is 5.19. The minimum Gasteiger partial charge on any atom is -0.389 e. The largest absolute Gasteiger partial charge is 0.389 e. The molecule has 0 aliphatic heterocycles. The molecule has 1 rings (SSSR count). The first-order valence-electron chi connectivity index (χ1n) is 6.29. The molecule has 0 aliphatic rings. The fourth-order valence-electron chi connectivity index (χ4n) is 1.89. The molecule has 0 aromatic carbocycles. The van der Waals surface area contributed by atoms with Crippen molar-refractivity contribution in [2.75, 3.05) is 25.2 Å². The zero-order chi connectivity index (χ0) is 14.6. The van der Waals surface area contributed by atoms with Gasteiger partial charge in [-0.3, -0.25) is 0 Å². The lowest BCUT2D eigenvalue weighted by molar-refractivity contribution is 0.203. The molecule has 0 unspecified atom stereocenters. The first kappa shape index (κ1) is 15.8. The molecular formula is C13H22N4OS. The van der Waals surface area contributed by atoms with Gasteiger partial charge >= 0.3 is 0 Å². The van der Waals surface area contributed by atoms with Crippen LogP contribution in [-0.2, 0) is 4.74 Å². The third-order valence-electron chi connectivity index (χ3n) is 3.11. The highest BCUT2D eigenvalue weighted by Crippen LogP contribution is 2.23. The van der Waals surface area contributed by atoms with Crippen molar-refractivity contribution >= 4 is 23.0 Å². The van der Waals surface area contributed by atoms with Gasteiger partial charge in [-0.1, -0.05) is 12.2 Å². The summed E-state index contributed by atoms with van der Waals surface area (Å²) in [4.78, 5) is 2.46. The normalized spacial score (nSPS) is 10.8. The summed E-state index contributed by atoms with van der Waals surface area (Å²) >= 11 is 5.17. The van der Waals surface area contributed by atoms with E-state index in [-0.39, 0.29) is 6.04 Å². The highest BCUT2D eigenvalue weighted by Gasteiger charge is 2.20. The molecule has 0 aliphatic carbocycles. The van der Waals surface area contributed by atoms with Crippen LogP contribution in [0.25, 0.3) is 0 Å². The molecule has 5 nitrogen and oxygen atoms in total. The van der Waals surface area contributed by atoms with Crippen LogP contribution in [0.3, 0.4) is 0 Å². The molecule has 0 saturated heterocycles. The van der Waals surface area contributed by atoms with E-state index in [0.29, 0.717) is 11.6 Å². The van der Waals surface area contributed by atoms with Gasteiger partial charge in [0.2, 0.25) is 0 Å². The number of nitrogens with zero attached hydrogens (tertiary/aromatic N) is 3. The minimum atomic E-state index is 0.264. The summed E-state index contributed by atoms with van der Waals surface area (Å²) in [6, 6.07) is 0.264. The number of rotatable bonds is 6. The molecule has 1 heterocycles. The van der Waals surface area contributed by atoms with Crippen LogP contribution in [0.1, 0.15) is 30.7 Å². The molecule has 0 atom stereocenters. The highest BCUT2D eigenvalue weighted by molar-refractivity contribution is 7.80. The van der Waals surface area contributed by atoms with Crippen molar-refractivity contribution in [2.45, 2.75) is 33.7 Å². The van der Waals surface area contributed by atoms with Crippen LogP contribution in [0.4, 0.5) is 5.82 Å². The number of hydrogen-bond donors (Lipinski definition) is 1. The smallest absolute Gasteiger partial charge is 0.162 e. The Hall–Kier alpha value is -1.27. The van der Waals surface area contributed by atoms with Gasteiger partial charge in [0.05, 0.1) is 17.9 Å². The Kier molecular flexibility index (Phi) is 5.62. The lowest BCUT2D eigenvalue weighted by atomic mass is 10.1. The van der Waals surface area contributed by atoms with Crippen molar-refractivity contribution in [3.8, 4) is 0 Å². The van der Waals surface area contributed by atoms with Crippen LogP contribution in [-0.4, -0.2) is 41.5 Å². The molecule has 0 bridgehead atoms. The van der Waals surface area contributed by atoms with E-state index < -0.39 is 0 Å². The Morgan fingerprint density at radius 2 is 2.00 bits per heavy atom.